The van der Waals surface area contributed by atoms with Gasteiger partial charge in [0.05, 0.1) is 6.26 Å². The fourth-order valence-corrected chi connectivity index (χ4v) is 1.11. The molecule has 64 valence electrons. The SMILES string of the molecule is C/C=C\Oc1ccc(Cl)cc1C. The van der Waals surface area contributed by atoms with Crippen molar-refractivity contribution in [2.24, 2.45) is 0 Å². The van der Waals surface area contributed by atoms with Gasteiger partial charge < -0.3 is 4.74 Å². The van der Waals surface area contributed by atoms with Gasteiger partial charge in [-0.05, 0) is 37.6 Å². The Bertz CT molecular complexity index is 292. The number of hydrogen-bond donors (Lipinski definition) is 0. The van der Waals surface area contributed by atoms with Crippen LogP contribution in [0.2, 0.25) is 5.02 Å². The van der Waals surface area contributed by atoms with Crippen LogP contribution >= 0.6 is 11.6 Å². The van der Waals surface area contributed by atoms with Gasteiger partial charge in [-0.3, -0.25) is 0 Å². The van der Waals surface area contributed by atoms with Gasteiger partial charge in [0.25, 0.3) is 0 Å². The lowest BCUT2D eigenvalue weighted by molar-refractivity contribution is 0.476. The van der Waals surface area contributed by atoms with Crippen LogP contribution in [0.3, 0.4) is 0 Å². The van der Waals surface area contributed by atoms with Crippen LogP contribution in [0.25, 0.3) is 0 Å². The van der Waals surface area contributed by atoms with Crippen LogP contribution in [0.15, 0.2) is 30.5 Å². The molecule has 0 aliphatic rings. The maximum Gasteiger partial charge on any atom is 0.129 e. The fourth-order valence-electron chi connectivity index (χ4n) is 0.886. The fraction of sp³-hybridized carbons (Fsp3) is 0.200. The molecule has 0 fully saturated rings. The second-order valence-corrected chi connectivity index (χ2v) is 2.93. The van der Waals surface area contributed by atoms with E-state index in [1.165, 1.54) is 0 Å². The first-order valence-electron chi connectivity index (χ1n) is 3.78. The smallest absolute Gasteiger partial charge is 0.129 e. The quantitative estimate of drug-likeness (QED) is 0.636. The number of rotatable bonds is 2. The predicted octanol–water partition coefficient (Wildman–Crippen LogP) is 3.56. The summed E-state index contributed by atoms with van der Waals surface area (Å²) in [5, 5.41) is 0.736. The Kier molecular flexibility index (Phi) is 3.18. The Hall–Kier alpha value is -0.950. The van der Waals surface area contributed by atoms with Crippen LogP contribution in [0.1, 0.15) is 12.5 Å². The third-order valence-corrected chi connectivity index (χ3v) is 1.70. The first-order valence-corrected chi connectivity index (χ1v) is 4.16. The highest BCUT2D eigenvalue weighted by molar-refractivity contribution is 6.30. The van der Waals surface area contributed by atoms with E-state index < -0.39 is 0 Å². The van der Waals surface area contributed by atoms with Crippen LogP contribution in [0.5, 0.6) is 5.75 Å². The monoisotopic (exact) mass is 182 g/mol. The largest absolute Gasteiger partial charge is 0.465 e. The number of ether oxygens (including phenoxy) is 1. The van der Waals surface area contributed by atoms with Gasteiger partial charge in [0.2, 0.25) is 0 Å². The molecule has 1 aromatic carbocycles. The molecule has 0 amide bonds. The lowest BCUT2D eigenvalue weighted by atomic mass is 10.2. The lowest BCUT2D eigenvalue weighted by Crippen LogP contribution is -1.84. The summed E-state index contributed by atoms with van der Waals surface area (Å²) < 4.78 is 5.30. The topological polar surface area (TPSA) is 9.23 Å². The standard InChI is InChI=1S/C10H11ClO/c1-3-6-12-10-5-4-9(11)7-8(10)2/h3-7H,1-2H3/b6-3-. The Balaban J connectivity index is 2.86. The van der Waals surface area contributed by atoms with Crippen molar-refractivity contribution in [2.75, 3.05) is 0 Å². The van der Waals surface area contributed by atoms with Crippen molar-refractivity contribution in [3.05, 3.63) is 41.1 Å². The summed E-state index contributed by atoms with van der Waals surface area (Å²) in [6.07, 6.45) is 3.49. The average Bonchev–Trinajstić information content (AvgIpc) is 2.03. The zero-order chi connectivity index (χ0) is 8.97. The predicted molar refractivity (Wildman–Crippen MR) is 51.6 cm³/mol. The van der Waals surface area contributed by atoms with Gasteiger partial charge in [-0.15, -0.1) is 0 Å². The van der Waals surface area contributed by atoms with E-state index in [2.05, 4.69) is 0 Å². The normalized spacial score (nSPS) is 10.6. The van der Waals surface area contributed by atoms with Crippen molar-refractivity contribution < 1.29 is 4.74 Å². The number of allylic oxidation sites excluding steroid dienone is 1. The molecule has 0 N–H and O–H groups in total. The van der Waals surface area contributed by atoms with Gasteiger partial charge in [-0.25, -0.2) is 0 Å². The lowest BCUT2D eigenvalue weighted by Gasteiger charge is -2.03. The zero-order valence-corrected chi connectivity index (χ0v) is 7.93. The Morgan fingerprint density at radius 3 is 2.75 bits per heavy atom. The minimum atomic E-state index is 0.736. The van der Waals surface area contributed by atoms with Crippen molar-refractivity contribution >= 4 is 11.6 Å². The third-order valence-electron chi connectivity index (χ3n) is 1.47. The van der Waals surface area contributed by atoms with Crippen LogP contribution < -0.4 is 4.74 Å². The molecular formula is C10H11ClO. The Morgan fingerprint density at radius 2 is 2.17 bits per heavy atom. The minimum Gasteiger partial charge on any atom is -0.465 e. The van der Waals surface area contributed by atoms with E-state index >= 15 is 0 Å². The zero-order valence-electron chi connectivity index (χ0n) is 7.17. The molecule has 0 spiro atoms. The van der Waals surface area contributed by atoms with Crippen molar-refractivity contribution in [2.45, 2.75) is 13.8 Å². The molecule has 0 aliphatic carbocycles. The van der Waals surface area contributed by atoms with Gasteiger partial charge in [-0.2, -0.15) is 0 Å². The second kappa shape index (κ2) is 4.17. The Morgan fingerprint density at radius 1 is 1.42 bits per heavy atom. The summed E-state index contributed by atoms with van der Waals surface area (Å²) in [6.45, 7) is 3.87. The first-order chi connectivity index (χ1) is 5.74. The highest BCUT2D eigenvalue weighted by Crippen LogP contribution is 2.21. The van der Waals surface area contributed by atoms with Gasteiger partial charge in [0.15, 0.2) is 0 Å². The molecule has 0 atom stereocenters. The van der Waals surface area contributed by atoms with E-state index in [-0.39, 0.29) is 0 Å². The Labute approximate surface area is 77.6 Å². The van der Waals surface area contributed by atoms with Gasteiger partial charge in [0.1, 0.15) is 5.75 Å². The van der Waals surface area contributed by atoms with Crippen molar-refractivity contribution in [3.8, 4) is 5.75 Å². The molecular weight excluding hydrogens is 172 g/mol. The molecule has 0 aromatic heterocycles. The number of halogens is 1. The van der Waals surface area contributed by atoms with Crippen LogP contribution in [-0.2, 0) is 0 Å². The van der Waals surface area contributed by atoms with E-state index in [0.29, 0.717) is 0 Å². The van der Waals surface area contributed by atoms with E-state index in [9.17, 15) is 0 Å². The van der Waals surface area contributed by atoms with Crippen molar-refractivity contribution in [1.82, 2.24) is 0 Å². The molecule has 1 rings (SSSR count). The molecule has 0 bridgehead atoms. The highest BCUT2D eigenvalue weighted by atomic mass is 35.5. The molecule has 2 heteroatoms. The average molecular weight is 183 g/mol. The molecule has 0 aliphatic heterocycles. The maximum atomic E-state index is 5.78. The van der Waals surface area contributed by atoms with Crippen LogP contribution in [0.4, 0.5) is 0 Å². The number of aryl methyl sites for hydroxylation is 1. The summed E-state index contributed by atoms with van der Waals surface area (Å²) in [6, 6.07) is 5.55. The molecule has 1 nitrogen and oxygen atoms in total. The third kappa shape index (κ3) is 2.28. The maximum absolute atomic E-state index is 5.78. The number of benzene rings is 1. The number of hydrogen-bond acceptors (Lipinski definition) is 1. The van der Waals surface area contributed by atoms with Crippen molar-refractivity contribution in [3.63, 3.8) is 0 Å². The summed E-state index contributed by atoms with van der Waals surface area (Å²) in [5.74, 6) is 0.845. The molecule has 1 aromatic rings. The molecule has 12 heavy (non-hydrogen) atoms. The first kappa shape index (κ1) is 9.14. The van der Waals surface area contributed by atoms with Crippen molar-refractivity contribution in [1.29, 1.82) is 0 Å². The summed E-state index contributed by atoms with van der Waals surface area (Å²) in [4.78, 5) is 0. The molecule has 0 saturated carbocycles. The summed E-state index contributed by atoms with van der Waals surface area (Å²) in [7, 11) is 0. The minimum absolute atomic E-state index is 0.736. The van der Waals surface area contributed by atoms with E-state index in [1.54, 1.807) is 6.26 Å². The van der Waals surface area contributed by atoms with Gasteiger partial charge in [0, 0.05) is 5.02 Å². The van der Waals surface area contributed by atoms with Gasteiger partial charge >= 0.3 is 0 Å². The van der Waals surface area contributed by atoms with E-state index in [1.807, 2.05) is 38.1 Å². The highest BCUT2D eigenvalue weighted by Gasteiger charge is 1.97. The molecule has 0 saturated heterocycles. The second-order valence-electron chi connectivity index (χ2n) is 2.50. The molecule has 0 heterocycles. The van der Waals surface area contributed by atoms with E-state index in [0.717, 1.165) is 16.3 Å². The summed E-state index contributed by atoms with van der Waals surface area (Å²) in [5.41, 5.74) is 1.04. The van der Waals surface area contributed by atoms with Gasteiger partial charge in [-0.1, -0.05) is 17.7 Å². The molecule has 0 unspecified atom stereocenters. The summed E-state index contributed by atoms with van der Waals surface area (Å²) >= 11 is 5.78. The van der Waals surface area contributed by atoms with Crippen LogP contribution in [-0.4, -0.2) is 0 Å². The van der Waals surface area contributed by atoms with Crippen LogP contribution in [0, 0.1) is 6.92 Å². The molecule has 0 radical (unpaired) electrons. The van der Waals surface area contributed by atoms with E-state index in [4.69, 9.17) is 16.3 Å².